The summed E-state index contributed by atoms with van der Waals surface area (Å²) < 4.78 is 0. The van der Waals surface area contributed by atoms with E-state index in [4.69, 9.17) is 5.73 Å². The summed E-state index contributed by atoms with van der Waals surface area (Å²) in [5, 5.41) is 0. The van der Waals surface area contributed by atoms with Crippen LogP contribution in [-0.4, -0.2) is 30.6 Å². The summed E-state index contributed by atoms with van der Waals surface area (Å²) in [7, 11) is 0. The molecular weight excluding hydrogens is 172 g/mol. The summed E-state index contributed by atoms with van der Waals surface area (Å²) >= 11 is 0. The van der Waals surface area contributed by atoms with E-state index >= 15 is 0 Å². The quantitative estimate of drug-likeness (QED) is 0.734. The van der Waals surface area contributed by atoms with Gasteiger partial charge in [0.2, 0.25) is 0 Å². The van der Waals surface area contributed by atoms with Gasteiger partial charge in [0.15, 0.2) is 0 Å². The minimum atomic E-state index is 0.704. The van der Waals surface area contributed by atoms with Crippen LogP contribution in [-0.2, 0) is 0 Å². The Morgan fingerprint density at radius 1 is 1.43 bits per heavy atom. The molecule has 0 aromatic heterocycles. The number of piperidine rings is 1. The lowest BCUT2D eigenvalue weighted by Crippen LogP contribution is -2.38. The largest absolute Gasteiger partial charge is 0.330 e. The fourth-order valence-electron chi connectivity index (χ4n) is 2.25. The maximum atomic E-state index is 5.60. The molecular formula is C12H26N2. The zero-order valence-electron chi connectivity index (χ0n) is 9.84. The van der Waals surface area contributed by atoms with E-state index in [0.29, 0.717) is 5.92 Å². The average Bonchev–Trinajstić information content (AvgIpc) is 2.20. The van der Waals surface area contributed by atoms with E-state index in [-0.39, 0.29) is 0 Å². The van der Waals surface area contributed by atoms with Crippen LogP contribution in [0, 0.1) is 5.92 Å². The predicted octanol–water partition coefficient (Wildman–Crippen LogP) is 2.24. The van der Waals surface area contributed by atoms with Gasteiger partial charge < -0.3 is 10.6 Å². The Balaban J connectivity index is 2.10. The molecule has 14 heavy (non-hydrogen) atoms. The standard InChI is InChI=1S/C12H26N2/c1-11(10-13)6-5-9-14-8-4-3-7-12(14)2/h11-12H,3-10,13H2,1-2H3. The predicted molar refractivity (Wildman–Crippen MR) is 62.3 cm³/mol. The molecule has 0 aliphatic carbocycles. The number of hydrogen-bond donors (Lipinski definition) is 1. The van der Waals surface area contributed by atoms with Crippen molar-refractivity contribution in [2.75, 3.05) is 19.6 Å². The molecule has 1 fully saturated rings. The fraction of sp³-hybridized carbons (Fsp3) is 1.00. The first-order valence-corrected chi connectivity index (χ1v) is 6.18. The highest BCUT2D eigenvalue weighted by Crippen LogP contribution is 2.17. The van der Waals surface area contributed by atoms with Gasteiger partial charge in [-0.15, -0.1) is 0 Å². The van der Waals surface area contributed by atoms with Crippen molar-refractivity contribution in [2.45, 2.75) is 52.0 Å². The van der Waals surface area contributed by atoms with Gasteiger partial charge >= 0.3 is 0 Å². The average molecular weight is 198 g/mol. The second-order valence-corrected chi connectivity index (χ2v) is 4.86. The van der Waals surface area contributed by atoms with E-state index in [0.717, 1.165) is 12.6 Å². The van der Waals surface area contributed by atoms with Gasteiger partial charge in [-0.05, 0) is 58.2 Å². The van der Waals surface area contributed by atoms with Crippen LogP contribution >= 0.6 is 0 Å². The number of likely N-dealkylation sites (tertiary alicyclic amines) is 1. The van der Waals surface area contributed by atoms with Crippen molar-refractivity contribution < 1.29 is 0 Å². The van der Waals surface area contributed by atoms with Gasteiger partial charge in [0.05, 0.1) is 0 Å². The third-order valence-corrected chi connectivity index (χ3v) is 3.49. The van der Waals surface area contributed by atoms with E-state index in [1.54, 1.807) is 0 Å². The lowest BCUT2D eigenvalue weighted by atomic mass is 10.0. The Morgan fingerprint density at radius 2 is 2.21 bits per heavy atom. The molecule has 0 spiro atoms. The van der Waals surface area contributed by atoms with Crippen molar-refractivity contribution in [1.82, 2.24) is 4.90 Å². The molecule has 0 amide bonds. The minimum Gasteiger partial charge on any atom is -0.330 e. The van der Waals surface area contributed by atoms with Gasteiger partial charge in [0.25, 0.3) is 0 Å². The van der Waals surface area contributed by atoms with Gasteiger partial charge in [-0.25, -0.2) is 0 Å². The lowest BCUT2D eigenvalue weighted by molar-refractivity contribution is 0.156. The number of hydrogen-bond acceptors (Lipinski definition) is 2. The first-order valence-electron chi connectivity index (χ1n) is 6.18. The van der Waals surface area contributed by atoms with Crippen LogP contribution in [0.2, 0.25) is 0 Å². The van der Waals surface area contributed by atoms with Crippen LogP contribution in [0.4, 0.5) is 0 Å². The molecule has 1 aliphatic heterocycles. The third-order valence-electron chi connectivity index (χ3n) is 3.49. The van der Waals surface area contributed by atoms with Crippen LogP contribution in [0.5, 0.6) is 0 Å². The highest BCUT2D eigenvalue weighted by Gasteiger charge is 2.17. The van der Waals surface area contributed by atoms with Gasteiger partial charge in [-0.2, -0.15) is 0 Å². The van der Waals surface area contributed by atoms with Gasteiger partial charge in [0, 0.05) is 6.04 Å². The summed E-state index contributed by atoms with van der Waals surface area (Å²) in [5.74, 6) is 0.704. The highest BCUT2D eigenvalue weighted by atomic mass is 15.1. The lowest BCUT2D eigenvalue weighted by Gasteiger charge is -2.33. The van der Waals surface area contributed by atoms with E-state index < -0.39 is 0 Å². The van der Waals surface area contributed by atoms with Crippen molar-refractivity contribution in [3.63, 3.8) is 0 Å². The number of nitrogens with zero attached hydrogens (tertiary/aromatic N) is 1. The molecule has 2 heteroatoms. The Morgan fingerprint density at radius 3 is 2.86 bits per heavy atom. The maximum absolute atomic E-state index is 5.60. The molecule has 0 bridgehead atoms. The normalized spacial score (nSPS) is 26.4. The van der Waals surface area contributed by atoms with Gasteiger partial charge in [-0.1, -0.05) is 13.3 Å². The maximum Gasteiger partial charge on any atom is 0.00669 e. The molecule has 1 rings (SSSR count). The monoisotopic (exact) mass is 198 g/mol. The van der Waals surface area contributed by atoms with Crippen LogP contribution in [0.25, 0.3) is 0 Å². The minimum absolute atomic E-state index is 0.704. The van der Waals surface area contributed by atoms with Crippen molar-refractivity contribution in [3.05, 3.63) is 0 Å². The van der Waals surface area contributed by atoms with E-state index in [1.165, 1.54) is 45.2 Å². The second kappa shape index (κ2) is 6.41. The SMILES string of the molecule is CC(CN)CCCN1CCCCC1C. The van der Waals surface area contributed by atoms with Crippen molar-refractivity contribution >= 4 is 0 Å². The molecule has 0 radical (unpaired) electrons. The molecule has 2 atom stereocenters. The van der Waals surface area contributed by atoms with Crippen LogP contribution in [0.1, 0.15) is 46.0 Å². The highest BCUT2D eigenvalue weighted by molar-refractivity contribution is 4.72. The summed E-state index contributed by atoms with van der Waals surface area (Å²) in [6.45, 7) is 8.06. The van der Waals surface area contributed by atoms with Crippen molar-refractivity contribution in [2.24, 2.45) is 11.7 Å². The molecule has 2 N–H and O–H groups in total. The molecule has 2 unspecified atom stereocenters. The van der Waals surface area contributed by atoms with Crippen LogP contribution in [0.15, 0.2) is 0 Å². The van der Waals surface area contributed by atoms with E-state index in [9.17, 15) is 0 Å². The molecule has 0 aromatic rings. The summed E-state index contributed by atoms with van der Waals surface area (Å²) in [6, 6.07) is 0.817. The second-order valence-electron chi connectivity index (χ2n) is 4.86. The number of nitrogens with two attached hydrogens (primary N) is 1. The third kappa shape index (κ3) is 3.97. The topological polar surface area (TPSA) is 29.3 Å². The van der Waals surface area contributed by atoms with Gasteiger partial charge in [0.1, 0.15) is 0 Å². The molecule has 0 saturated carbocycles. The molecule has 0 aromatic carbocycles. The Hall–Kier alpha value is -0.0800. The summed E-state index contributed by atoms with van der Waals surface area (Å²) in [4.78, 5) is 2.65. The van der Waals surface area contributed by atoms with Crippen molar-refractivity contribution in [3.8, 4) is 0 Å². The fourth-order valence-corrected chi connectivity index (χ4v) is 2.25. The van der Waals surface area contributed by atoms with E-state index in [2.05, 4.69) is 18.7 Å². The number of rotatable bonds is 5. The van der Waals surface area contributed by atoms with Crippen LogP contribution < -0.4 is 5.73 Å². The van der Waals surface area contributed by atoms with Crippen LogP contribution in [0.3, 0.4) is 0 Å². The van der Waals surface area contributed by atoms with Gasteiger partial charge in [-0.3, -0.25) is 0 Å². The summed E-state index contributed by atoms with van der Waals surface area (Å²) in [6.07, 6.45) is 6.84. The van der Waals surface area contributed by atoms with Crippen molar-refractivity contribution in [1.29, 1.82) is 0 Å². The molecule has 1 heterocycles. The molecule has 1 saturated heterocycles. The smallest absolute Gasteiger partial charge is 0.00669 e. The Kier molecular flexibility index (Phi) is 5.49. The molecule has 84 valence electrons. The summed E-state index contributed by atoms with van der Waals surface area (Å²) in [5.41, 5.74) is 5.60. The molecule has 2 nitrogen and oxygen atoms in total. The first-order chi connectivity index (χ1) is 6.74. The zero-order valence-corrected chi connectivity index (χ0v) is 9.84. The Bertz CT molecular complexity index is 147. The zero-order chi connectivity index (χ0) is 10.4. The molecule has 1 aliphatic rings. The van der Waals surface area contributed by atoms with E-state index in [1.807, 2.05) is 0 Å². The Labute approximate surface area is 88.8 Å². The first kappa shape index (κ1) is 12.0.